The molecule has 0 bridgehead atoms. The molecule has 1 rings (SSSR count). The predicted octanol–water partition coefficient (Wildman–Crippen LogP) is 0.912. The van der Waals surface area contributed by atoms with Crippen LogP contribution < -0.4 is 10.5 Å². The second kappa shape index (κ2) is 6.83. The van der Waals surface area contributed by atoms with E-state index < -0.39 is 18.0 Å². The number of hydrogen-bond acceptors (Lipinski definition) is 6. The molecule has 100 valence electrons. The number of ether oxygens (including phenoxy) is 2. The summed E-state index contributed by atoms with van der Waals surface area (Å²) in [4.78, 5) is 21.9. The number of halogens is 1. The quantitative estimate of drug-likeness (QED) is 0.628. The van der Waals surface area contributed by atoms with Gasteiger partial charge in [-0.15, -0.1) is 12.4 Å². The van der Waals surface area contributed by atoms with Crippen molar-refractivity contribution < 1.29 is 24.2 Å². The molecule has 7 heteroatoms. The van der Waals surface area contributed by atoms with Crippen LogP contribution in [-0.4, -0.2) is 24.2 Å². The molecule has 3 N–H and O–H groups in total. The van der Waals surface area contributed by atoms with Gasteiger partial charge in [-0.3, -0.25) is 9.59 Å². The van der Waals surface area contributed by atoms with Gasteiger partial charge in [-0.1, -0.05) is 6.07 Å². The highest BCUT2D eigenvalue weighted by Gasteiger charge is 2.18. The predicted molar refractivity (Wildman–Crippen MR) is 65.6 cm³/mol. The van der Waals surface area contributed by atoms with Gasteiger partial charge in [-0.25, -0.2) is 0 Å². The molecule has 0 spiro atoms. The smallest absolute Gasteiger partial charge is 0.327 e. The fraction of sp³-hybridized carbons (Fsp3) is 0.273. The number of carbonyl (C=O) groups is 2. The number of methoxy groups -OCH3 is 1. The van der Waals surface area contributed by atoms with E-state index in [1.807, 2.05) is 0 Å². The Bertz CT molecular complexity index is 449. The molecule has 1 aromatic rings. The SMILES string of the molecule is COC(=O)[C@H](N)c1ccc(OC(C)=O)c(O)c1.Cl. The van der Waals surface area contributed by atoms with Crippen LogP contribution in [0.15, 0.2) is 18.2 Å². The molecule has 0 saturated carbocycles. The van der Waals surface area contributed by atoms with E-state index in [0.717, 1.165) is 0 Å². The molecule has 0 aliphatic rings. The molecule has 0 unspecified atom stereocenters. The molecule has 0 heterocycles. The van der Waals surface area contributed by atoms with Gasteiger partial charge in [-0.2, -0.15) is 0 Å². The Labute approximate surface area is 110 Å². The van der Waals surface area contributed by atoms with Gasteiger partial charge in [0.05, 0.1) is 7.11 Å². The van der Waals surface area contributed by atoms with Crippen LogP contribution in [0.4, 0.5) is 0 Å². The summed E-state index contributed by atoms with van der Waals surface area (Å²) in [5, 5.41) is 9.56. The second-order valence-electron chi connectivity index (χ2n) is 3.32. The van der Waals surface area contributed by atoms with Crippen molar-refractivity contribution in [3.05, 3.63) is 23.8 Å². The van der Waals surface area contributed by atoms with Crippen LogP contribution in [-0.2, 0) is 14.3 Å². The van der Waals surface area contributed by atoms with Crippen LogP contribution in [0, 0.1) is 0 Å². The fourth-order valence-corrected chi connectivity index (χ4v) is 1.23. The van der Waals surface area contributed by atoms with Crippen LogP contribution in [0.1, 0.15) is 18.5 Å². The zero-order valence-electron chi connectivity index (χ0n) is 9.88. The van der Waals surface area contributed by atoms with Crippen molar-refractivity contribution >= 4 is 24.3 Å². The third-order valence-corrected chi connectivity index (χ3v) is 2.05. The van der Waals surface area contributed by atoms with Crippen LogP contribution >= 0.6 is 12.4 Å². The minimum absolute atomic E-state index is 0. The Kier molecular flexibility index (Phi) is 6.15. The molecule has 6 nitrogen and oxygen atoms in total. The van der Waals surface area contributed by atoms with Crippen LogP contribution in [0.25, 0.3) is 0 Å². The van der Waals surface area contributed by atoms with Crippen molar-refractivity contribution in [1.82, 2.24) is 0 Å². The maximum atomic E-state index is 11.2. The summed E-state index contributed by atoms with van der Waals surface area (Å²) in [5.74, 6) is -1.43. The maximum Gasteiger partial charge on any atom is 0.327 e. The van der Waals surface area contributed by atoms with E-state index in [4.69, 9.17) is 10.5 Å². The van der Waals surface area contributed by atoms with E-state index in [0.29, 0.717) is 5.56 Å². The van der Waals surface area contributed by atoms with E-state index in [9.17, 15) is 14.7 Å². The van der Waals surface area contributed by atoms with Gasteiger partial charge in [0.25, 0.3) is 0 Å². The number of phenols is 1. The molecule has 1 atom stereocenters. The lowest BCUT2D eigenvalue weighted by atomic mass is 10.1. The molecule has 0 amide bonds. The Hall–Kier alpha value is -1.79. The van der Waals surface area contributed by atoms with Gasteiger partial charge < -0.3 is 20.3 Å². The number of hydrogen-bond donors (Lipinski definition) is 2. The zero-order valence-corrected chi connectivity index (χ0v) is 10.7. The molecular formula is C11H14ClNO5. The maximum absolute atomic E-state index is 11.2. The first-order chi connectivity index (χ1) is 7.95. The number of benzene rings is 1. The summed E-state index contributed by atoms with van der Waals surface area (Å²) in [6.45, 7) is 1.22. The fourth-order valence-electron chi connectivity index (χ4n) is 1.23. The summed E-state index contributed by atoms with van der Waals surface area (Å²) in [5.41, 5.74) is 5.94. The first-order valence-corrected chi connectivity index (χ1v) is 4.80. The van der Waals surface area contributed by atoms with E-state index >= 15 is 0 Å². The first-order valence-electron chi connectivity index (χ1n) is 4.80. The van der Waals surface area contributed by atoms with Crippen molar-refractivity contribution in [2.75, 3.05) is 7.11 Å². The van der Waals surface area contributed by atoms with E-state index in [-0.39, 0.29) is 23.9 Å². The zero-order chi connectivity index (χ0) is 13.0. The van der Waals surface area contributed by atoms with E-state index in [2.05, 4.69) is 4.74 Å². The Balaban J connectivity index is 0.00000289. The molecular weight excluding hydrogens is 262 g/mol. The highest BCUT2D eigenvalue weighted by atomic mass is 35.5. The van der Waals surface area contributed by atoms with Gasteiger partial charge in [-0.05, 0) is 17.7 Å². The van der Waals surface area contributed by atoms with Gasteiger partial charge >= 0.3 is 11.9 Å². The summed E-state index contributed by atoms with van der Waals surface area (Å²) in [6, 6.07) is 3.09. The molecule has 0 aliphatic carbocycles. The summed E-state index contributed by atoms with van der Waals surface area (Å²) in [6.07, 6.45) is 0. The molecule has 18 heavy (non-hydrogen) atoms. The Morgan fingerprint density at radius 1 is 1.39 bits per heavy atom. The standard InChI is InChI=1S/C11H13NO5.ClH/c1-6(13)17-9-4-3-7(5-8(9)14)10(12)11(15)16-2;/h3-5,10,14H,12H2,1-2H3;1H/t10-;/m1./s1. The molecule has 1 aromatic carbocycles. The second-order valence-corrected chi connectivity index (χ2v) is 3.32. The molecule has 0 aliphatic heterocycles. The van der Waals surface area contributed by atoms with Gasteiger partial charge in [0, 0.05) is 6.92 Å². The number of rotatable bonds is 3. The largest absolute Gasteiger partial charge is 0.504 e. The van der Waals surface area contributed by atoms with E-state index in [1.54, 1.807) is 0 Å². The number of carbonyl (C=O) groups excluding carboxylic acids is 2. The lowest BCUT2D eigenvalue weighted by Gasteiger charge is -2.11. The number of nitrogens with two attached hydrogens (primary N) is 1. The van der Waals surface area contributed by atoms with Gasteiger partial charge in [0.1, 0.15) is 6.04 Å². The number of aromatic hydroxyl groups is 1. The summed E-state index contributed by atoms with van der Waals surface area (Å²) < 4.78 is 9.19. The average Bonchev–Trinajstić information content (AvgIpc) is 2.29. The topological polar surface area (TPSA) is 98.9 Å². The Morgan fingerprint density at radius 2 is 2.00 bits per heavy atom. The third kappa shape index (κ3) is 3.90. The molecule has 0 saturated heterocycles. The van der Waals surface area contributed by atoms with Crippen LogP contribution in [0.5, 0.6) is 11.5 Å². The average molecular weight is 276 g/mol. The van der Waals surface area contributed by atoms with Crippen LogP contribution in [0.2, 0.25) is 0 Å². The molecule has 0 aromatic heterocycles. The van der Waals surface area contributed by atoms with Crippen molar-refractivity contribution in [1.29, 1.82) is 0 Å². The van der Waals surface area contributed by atoms with Crippen molar-refractivity contribution in [2.45, 2.75) is 13.0 Å². The lowest BCUT2D eigenvalue weighted by molar-refractivity contribution is -0.142. The normalized spacial score (nSPS) is 11.1. The highest BCUT2D eigenvalue weighted by molar-refractivity contribution is 5.85. The molecule has 0 fully saturated rings. The Morgan fingerprint density at radius 3 is 2.44 bits per heavy atom. The minimum Gasteiger partial charge on any atom is -0.504 e. The van der Waals surface area contributed by atoms with E-state index in [1.165, 1.54) is 32.2 Å². The third-order valence-electron chi connectivity index (χ3n) is 2.05. The minimum atomic E-state index is -0.989. The molecule has 0 radical (unpaired) electrons. The van der Waals surface area contributed by atoms with Gasteiger partial charge in [0.2, 0.25) is 0 Å². The summed E-state index contributed by atoms with van der Waals surface area (Å²) in [7, 11) is 1.22. The van der Waals surface area contributed by atoms with Crippen molar-refractivity contribution in [2.24, 2.45) is 5.73 Å². The number of esters is 2. The lowest BCUT2D eigenvalue weighted by Crippen LogP contribution is -2.22. The summed E-state index contributed by atoms with van der Waals surface area (Å²) >= 11 is 0. The first kappa shape index (κ1) is 16.2. The van der Waals surface area contributed by atoms with Crippen molar-refractivity contribution in [3.8, 4) is 11.5 Å². The highest BCUT2D eigenvalue weighted by Crippen LogP contribution is 2.29. The van der Waals surface area contributed by atoms with Crippen molar-refractivity contribution in [3.63, 3.8) is 0 Å². The van der Waals surface area contributed by atoms with Gasteiger partial charge in [0.15, 0.2) is 11.5 Å². The van der Waals surface area contributed by atoms with Crippen LogP contribution in [0.3, 0.4) is 0 Å². The number of phenolic OH excluding ortho intramolecular Hbond substituents is 1. The monoisotopic (exact) mass is 275 g/mol.